The van der Waals surface area contributed by atoms with E-state index in [1.54, 1.807) is 48.7 Å². The summed E-state index contributed by atoms with van der Waals surface area (Å²) in [6.07, 6.45) is 1.46. The Hall–Kier alpha value is -3.66. The van der Waals surface area contributed by atoms with Crippen LogP contribution in [-0.2, 0) is 20.7 Å². The number of aromatic nitrogens is 1. The van der Waals surface area contributed by atoms with Crippen LogP contribution in [0.25, 0.3) is 0 Å². The van der Waals surface area contributed by atoms with Gasteiger partial charge in [0, 0.05) is 17.1 Å². The summed E-state index contributed by atoms with van der Waals surface area (Å²) in [5.74, 6) is -0.576. The summed E-state index contributed by atoms with van der Waals surface area (Å²) >= 11 is 1.20. The minimum absolute atomic E-state index is 0.0488. The van der Waals surface area contributed by atoms with Gasteiger partial charge in [-0.05, 0) is 31.2 Å². The molecule has 0 aliphatic rings. The van der Waals surface area contributed by atoms with E-state index in [2.05, 4.69) is 15.6 Å². The number of hydrogen-bond acceptors (Lipinski definition) is 8. The van der Waals surface area contributed by atoms with E-state index >= 15 is 0 Å². The second-order valence-corrected chi connectivity index (χ2v) is 6.78. The number of rotatable bonds is 9. The average molecular weight is 429 g/mol. The van der Waals surface area contributed by atoms with Crippen LogP contribution >= 0.6 is 11.3 Å². The lowest BCUT2D eigenvalue weighted by atomic mass is 10.3. The first-order chi connectivity index (χ1) is 14.5. The van der Waals surface area contributed by atoms with Gasteiger partial charge in [-0.1, -0.05) is 6.07 Å². The van der Waals surface area contributed by atoms with E-state index in [9.17, 15) is 14.4 Å². The average Bonchev–Trinajstić information content (AvgIpc) is 3.39. The SMILES string of the molecule is CCOC(=O)Cc1csc(NC(=O)COc2cccc(NC(=O)c3ccco3)c2)n1. The van der Waals surface area contributed by atoms with Gasteiger partial charge >= 0.3 is 5.97 Å². The van der Waals surface area contributed by atoms with Gasteiger partial charge in [-0.15, -0.1) is 11.3 Å². The predicted molar refractivity (Wildman–Crippen MR) is 110 cm³/mol. The zero-order valence-corrected chi connectivity index (χ0v) is 16.9. The van der Waals surface area contributed by atoms with Crippen LogP contribution in [0.15, 0.2) is 52.5 Å². The van der Waals surface area contributed by atoms with Crippen LogP contribution in [0.4, 0.5) is 10.8 Å². The molecular weight excluding hydrogens is 410 g/mol. The van der Waals surface area contributed by atoms with Gasteiger partial charge in [-0.25, -0.2) is 4.98 Å². The fourth-order valence-electron chi connectivity index (χ4n) is 2.37. The smallest absolute Gasteiger partial charge is 0.311 e. The molecule has 0 spiro atoms. The van der Waals surface area contributed by atoms with E-state index in [1.807, 2.05) is 0 Å². The molecular formula is C20H19N3O6S. The molecule has 0 bridgehead atoms. The first kappa shape index (κ1) is 21.1. The number of amides is 2. The summed E-state index contributed by atoms with van der Waals surface area (Å²) in [5, 5.41) is 7.33. The Bertz CT molecular complexity index is 1020. The number of nitrogens with zero attached hydrogens (tertiary/aromatic N) is 1. The normalized spacial score (nSPS) is 10.3. The number of anilines is 2. The maximum atomic E-state index is 12.1. The molecule has 1 aromatic carbocycles. The molecule has 0 radical (unpaired) electrons. The highest BCUT2D eigenvalue weighted by molar-refractivity contribution is 7.13. The molecule has 3 rings (SSSR count). The van der Waals surface area contributed by atoms with E-state index in [-0.39, 0.29) is 24.8 Å². The number of carbonyl (C=O) groups is 3. The third-order valence-electron chi connectivity index (χ3n) is 3.64. The summed E-state index contributed by atoms with van der Waals surface area (Å²) in [6.45, 7) is 1.79. The molecule has 0 saturated carbocycles. The van der Waals surface area contributed by atoms with E-state index in [0.717, 1.165) is 0 Å². The van der Waals surface area contributed by atoms with Crippen molar-refractivity contribution in [2.45, 2.75) is 13.3 Å². The molecule has 0 aliphatic carbocycles. The zero-order valence-electron chi connectivity index (χ0n) is 16.0. The van der Waals surface area contributed by atoms with Crippen molar-refractivity contribution < 1.29 is 28.3 Å². The third kappa shape index (κ3) is 6.17. The molecule has 0 fully saturated rings. The van der Waals surface area contributed by atoms with E-state index < -0.39 is 11.8 Å². The lowest BCUT2D eigenvalue weighted by Crippen LogP contribution is -2.20. The predicted octanol–water partition coefficient (Wildman–Crippen LogP) is 3.11. The number of furan rings is 1. The van der Waals surface area contributed by atoms with E-state index in [1.165, 1.54) is 17.6 Å². The summed E-state index contributed by atoms with van der Waals surface area (Å²) < 4.78 is 15.4. The number of thiazole rings is 1. The van der Waals surface area contributed by atoms with Crippen molar-refractivity contribution in [2.75, 3.05) is 23.8 Å². The lowest BCUT2D eigenvalue weighted by molar-refractivity contribution is -0.142. The first-order valence-electron chi connectivity index (χ1n) is 9.01. The highest BCUT2D eigenvalue weighted by Gasteiger charge is 2.12. The van der Waals surface area contributed by atoms with Crippen molar-refractivity contribution in [3.05, 3.63) is 59.5 Å². The number of nitrogens with one attached hydrogen (secondary N) is 2. The van der Waals surface area contributed by atoms with Gasteiger partial charge in [-0.3, -0.25) is 19.7 Å². The standard InChI is InChI=1S/C20H19N3O6S/c1-2-27-18(25)10-14-12-30-20(22-14)23-17(24)11-29-15-6-3-5-13(9-15)21-19(26)16-7-4-8-28-16/h3-9,12H,2,10-11H2,1H3,(H,21,26)(H,22,23,24). The fraction of sp³-hybridized carbons (Fsp3) is 0.200. The molecule has 2 amide bonds. The second-order valence-electron chi connectivity index (χ2n) is 5.92. The van der Waals surface area contributed by atoms with Crippen LogP contribution in [0, 0.1) is 0 Å². The Morgan fingerprint density at radius 3 is 2.80 bits per heavy atom. The first-order valence-corrected chi connectivity index (χ1v) is 9.89. The zero-order chi connectivity index (χ0) is 21.3. The van der Waals surface area contributed by atoms with Crippen molar-refractivity contribution in [1.82, 2.24) is 4.98 Å². The number of ether oxygens (including phenoxy) is 2. The summed E-state index contributed by atoms with van der Waals surface area (Å²) in [7, 11) is 0. The van der Waals surface area contributed by atoms with Gasteiger partial charge in [0.15, 0.2) is 17.5 Å². The number of benzene rings is 1. The maximum Gasteiger partial charge on any atom is 0.311 e. The molecule has 30 heavy (non-hydrogen) atoms. The Balaban J connectivity index is 1.48. The summed E-state index contributed by atoms with van der Waals surface area (Å²) in [5.41, 5.74) is 1.02. The molecule has 9 nitrogen and oxygen atoms in total. The molecule has 0 atom stereocenters. The molecule has 2 N–H and O–H groups in total. The van der Waals surface area contributed by atoms with Gasteiger partial charge in [0.25, 0.3) is 11.8 Å². The monoisotopic (exact) mass is 429 g/mol. The van der Waals surface area contributed by atoms with Crippen molar-refractivity contribution in [3.63, 3.8) is 0 Å². The van der Waals surface area contributed by atoms with Crippen molar-refractivity contribution >= 4 is 39.9 Å². The van der Waals surface area contributed by atoms with E-state index in [4.69, 9.17) is 13.9 Å². The molecule has 156 valence electrons. The Morgan fingerprint density at radius 2 is 2.03 bits per heavy atom. The van der Waals surface area contributed by atoms with Crippen LogP contribution in [0.2, 0.25) is 0 Å². The van der Waals surface area contributed by atoms with Gasteiger partial charge < -0.3 is 19.2 Å². The fourth-order valence-corrected chi connectivity index (χ4v) is 3.10. The number of carbonyl (C=O) groups excluding carboxylic acids is 3. The quantitative estimate of drug-likeness (QED) is 0.502. The van der Waals surface area contributed by atoms with Crippen LogP contribution in [0.3, 0.4) is 0 Å². The van der Waals surface area contributed by atoms with Crippen molar-refractivity contribution in [3.8, 4) is 5.75 Å². The largest absolute Gasteiger partial charge is 0.484 e. The van der Waals surface area contributed by atoms with Gasteiger partial charge in [0.05, 0.1) is 25.0 Å². The van der Waals surface area contributed by atoms with Crippen LogP contribution in [0.1, 0.15) is 23.2 Å². The molecule has 10 heteroatoms. The second kappa shape index (κ2) is 10.2. The number of hydrogen-bond donors (Lipinski definition) is 2. The van der Waals surface area contributed by atoms with Crippen LogP contribution < -0.4 is 15.4 Å². The molecule has 2 aromatic heterocycles. The molecule has 0 unspecified atom stereocenters. The van der Waals surface area contributed by atoms with E-state index in [0.29, 0.717) is 28.9 Å². The van der Waals surface area contributed by atoms with Gasteiger partial charge in [0.2, 0.25) is 0 Å². The minimum Gasteiger partial charge on any atom is -0.484 e. The molecule has 3 aromatic rings. The molecule has 2 heterocycles. The van der Waals surface area contributed by atoms with Crippen molar-refractivity contribution in [2.24, 2.45) is 0 Å². The highest BCUT2D eigenvalue weighted by Crippen LogP contribution is 2.19. The Labute approximate surface area is 176 Å². The van der Waals surface area contributed by atoms with Crippen LogP contribution in [0.5, 0.6) is 5.75 Å². The third-order valence-corrected chi connectivity index (χ3v) is 4.44. The number of esters is 1. The summed E-state index contributed by atoms with van der Waals surface area (Å²) in [6, 6.07) is 9.81. The maximum absolute atomic E-state index is 12.1. The highest BCUT2D eigenvalue weighted by atomic mass is 32.1. The van der Waals surface area contributed by atoms with Gasteiger partial charge in [-0.2, -0.15) is 0 Å². The molecule has 0 aliphatic heterocycles. The lowest BCUT2D eigenvalue weighted by Gasteiger charge is -2.08. The molecule has 0 saturated heterocycles. The van der Waals surface area contributed by atoms with Gasteiger partial charge in [0.1, 0.15) is 5.75 Å². The Kier molecular flexibility index (Phi) is 7.17. The summed E-state index contributed by atoms with van der Waals surface area (Å²) in [4.78, 5) is 39.8. The van der Waals surface area contributed by atoms with Crippen molar-refractivity contribution in [1.29, 1.82) is 0 Å². The Morgan fingerprint density at radius 1 is 1.17 bits per heavy atom. The van der Waals surface area contributed by atoms with Crippen LogP contribution in [-0.4, -0.2) is 36.0 Å². The topological polar surface area (TPSA) is 120 Å². The minimum atomic E-state index is -0.406.